The minimum atomic E-state index is -2.33. The first-order valence-electron chi connectivity index (χ1n) is 2.51. The molecular formula is C5H2BrClNO2S-. The van der Waals surface area contributed by atoms with E-state index in [4.69, 9.17) is 11.6 Å². The van der Waals surface area contributed by atoms with Crippen molar-refractivity contribution in [3.8, 4) is 0 Å². The van der Waals surface area contributed by atoms with Gasteiger partial charge in [0.15, 0.2) is 0 Å². The summed E-state index contributed by atoms with van der Waals surface area (Å²) in [5.74, 6) is 0. The van der Waals surface area contributed by atoms with E-state index in [1.807, 2.05) is 0 Å². The Morgan fingerprint density at radius 3 is 2.82 bits per heavy atom. The Hall–Kier alpha value is 0.0300. The fourth-order valence-corrected chi connectivity index (χ4v) is 1.71. The smallest absolute Gasteiger partial charge is 0.144 e. The molecule has 11 heavy (non-hydrogen) atoms. The maximum absolute atomic E-state index is 10.4. The van der Waals surface area contributed by atoms with Gasteiger partial charge in [-0.15, -0.1) is 0 Å². The molecule has 0 aliphatic carbocycles. The van der Waals surface area contributed by atoms with Gasteiger partial charge in [0.25, 0.3) is 0 Å². The quantitative estimate of drug-likeness (QED) is 0.567. The highest BCUT2D eigenvalue weighted by Gasteiger charge is 2.01. The van der Waals surface area contributed by atoms with E-state index in [1.54, 1.807) is 0 Å². The van der Waals surface area contributed by atoms with Gasteiger partial charge in [-0.25, -0.2) is 4.98 Å². The molecule has 1 atom stereocenters. The van der Waals surface area contributed by atoms with Crippen molar-refractivity contribution in [1.82, 2.24) is 4.98 Å². The van der Waals surface area contributed by atoms with Gasteiger partial charge in [-0.1, -0.05) is 11.6 Å². The lowest BCUT2D eigenvalue weighted by Gasteiger charge is -2.05. The predicted molar refractivity (Wildman–Crippen MR) is 44.1 cm³/mol. The molecule has 1 aromatic heterocycles. The first-order valence-corrected chi connectivity index (χ1v) is 4.76. The highest BCUT2D eigenvalue weighted by Crippen LogP contribution is 2.19. The van der Waals surface area contributed by atoms with Crippen LogP contribution in [0, 0.1) is 0 Å². The molecule has 0 fully saturated rings. The molecule has 0 bridgehead atoms. The fraction of sp³-hybridized carbons (Fsp3) is 0. The summed E-state index contributed by atoms with van der Waals surface area (Å²) in [5, 5.41) is -0.0125. The summed E-state index contributed by atoms with van der Waals surface area (Å²) in [7, 11) is 0. The van der Waals surface area contributed by atoms with Crippen LogP contribution in [0.1, 0.15) is 0 Å². The monoisotopic (exact) mass is 254 g/mol. The van der Waals surface area contributed by atoms with Crippen molar-refractivity contribution in [1.29, 1.82) is 0 Å². The van der Waals surface area contributed by atoms with E-state index in [1.165, 1.54) is 12.3 Å². The van der Waals surface area contributed by atoms with Crippen molar-refractivity contribution in [2.24, 2.45) is 0 Å². The Morgan fingerprint density at radius 1 is 1.73 bits per heavy atom. The fourth-order valence-electron chi connectivity index (χ4n) is 0.521. The highest BCUT2D eigenvalue weighted by molar-refractivity contribution is 9.10. The van der Waals surface area contributed by atoms with Crippen molar-refractivity contribution >= 4 is 38.6 Å². The lowest BCUT2D eigenvalue weighted by atomic mass is 10.5. The second-order valence-corrected chi connectivity index (χ2v) is 3.86. The maximum atomic E-state index is 10.4. The Morgan fingerprint density at radius 2 is 2.36 bits per heavy atom. The molecule has 0 saturated carbocycles. The van der Waals surface area contributed by atoms with Crippen LogP contribution >= 0.6 is 27.5 Å². The zero-order chi connectivity index (χ0) is 8.43. The van der Waals surface area contributed by atoms with Crippen LogP contribution in [0.15, 0.2) is 21.6 Å². The first-order chi connectivity index (χ1) is 5.11. The standard InChI is InChI=1S/C5H3BrClNO2S/c6-3-1-4(11(9)10)5(7)8-2-3/h1-2H,(H,9,10)/p-1. The molecule has 1 rings (SSSR count). The zero-order valence-corrected chi connectivity index (χ0v) is 8.24. The van der Waals surface area contributed by atoms with Crippen LogP contribution in [0.2, 0.25) is 5.15 Å². The minimum absolute atomic E-state index is 0.000965. The van der Waals surface area contributed by atoms with E-state index in [0.29, 0.717) is 4.47 Å². The third-order valence-corrected chi connectivity index (χ3v) is 2.47. The van der Waals surface area contributed by atoms with Gasteiger partial charge < -0.3 is 4.55 Å². The summed E-state index contributed by atoms with van der Waals surface area (Å²) in [5.41, 5.74) is 0. The molecule has 60 valence electrons. The molecule has 0 aliphatic heterocycles. The predicted octanol–water partition coefficient (Wildman–Crippen LogP) is 1.74. The molecule has 0 aliphatic rings. The second kappa shape index (κ2) is 3.62. The third-order valence-electron chi connectivity index (χ3n) is 0.953. The second-order valence-electron chi connectivity index (χ2n) is 1.68. The van der Waals surface area contributed by atoms with E-state index in [2.05, 4.69) is 20.9 Å². The molecule has 0 N–H and O–H groups in total. The largest absolute Gasteiger partial charge is 0.768 e. The Bertz CT molecular complexity index is 307. The summed E-state index contributed by atoms with van der Waals surface area (Å²) in [4.78, 5) is 3.63. The maximum Gasteiger partial charge on any atom is 0.144 e. The lowest BCUT2D eigenvalue weighted by Crippen LogP contribution is -1.91. The number of hydrogen-bond acceptors (Lipinski definition) is 3. The molecule has 0 radical (unpaired) electrons. The van der Waals surface area contributed by atoms with Gasteiger partial charge in [0, 0.05) is 10.7 Å². The van der Waals surface area contributed by atoms with Crippen LogP contribution in [-0.4, -0.2) is 13.7 Å². The Balaban J connectivity index is 3.23. The zero-order valence-electron chi connectivity index (χ0n) is 5.08. The van der Waals surface area contributed by atoms with Gasteiger partial charge in [0.05, 0.1) is 4.90 Å². The Labute approximate surface area is 79.2 Å². The van der Waals surface area contributed by atoms with Crippen LogP contribution in [0.25, 0.3) is 0 Å². The average molecular weight is 256 g/mol. The molecule has 0 spiro atoms. The molecular weight excluding hydrogens is 253 g/mol. The molecule has 0 aromatic carbocycles. The van der Waals surface area contributed by atoms with E-state index >= 15 is 0 Å². The minimum Gasteiger partial charge on any atom is -0.768 e. The normalized spacial score (nSPS) is 13.0. The molecule has 1 heterocycles. The molecule has 1 unspecified atom stereocenters. The Kier molecular flexibility index (Phi) is 3.00. The molecule has 3 nitrogen and oxygen atoms in total. The van der Waals surface area contributed by atoms with Crippen LogP contribution in [0.5, 0.6) is 0 Å². The summed E-state index contributed by atoms with van der Waals surface area (Å²) in [6.07, 6.45) is 1.43. The van der Waals surface area contributed by atoms with Crippen molar-refractivity contribution in [3.63, 3.8) is 0 Å². The average Bonchev–Trinajstić information content (AvgIpc) is 1.94. The van der Waals surface area contributed by atoms with Crippen LogP contribution < -0.4 is 0 Å². The van der Waals surface area contributed by atoms with Crippen molar-refractivity contribution in [3.05, 3.63) is 21.9 Å². The number of aromatic nitrogens is 1. The molecule has 0 amide bonds. The van der Waals surface area contributed by atoms with Gasteiger partial charge in [-0.2, -0.15) is 0 Å². The van der Waals surface area contributed by atoms with E-state index in [0.717, 1.165) is 0 Å². The molecule has 1 aromatic rings. The van der Waals surface area contributed by atoms with Gasteiger partial charge in [-0.05, 0) is 33.1 Å². The van der Waals surface area contributed by atoms with Crippen LogP contribution in [0.3, 0.4) is 0 Å². The van der Waals surface area contributed by atoms with Gasteiger partial charge in [-0.3, -0.25) is 4.21 Å². The van der Waals surface area contributed by atoms with Gasteiger partial charge >= 0.3 is 0 Å². The van der Waals surface area contributed by atoms with Gasteiger partial charge in [0.1, 0.15) is 5.15 Å². The third kappa shape index (κ3) is 2.23. The SMILES string of the molecule is O=S([O-])c1cc(Br)cnc1Cl. The van der Waals surface area contributed by atoms with Crippen LogP contribution in [0.4, 0.5) is 0 Å². The summed E-state index contributed by atoms with van der Waals surface area (Å²) >= 11 is 6.21. The van der Waals surface area contributed by atoms with E-state index in [9.17, 15) is 8.76 Å². The topological polar surface area (TPSA) is 53.0 Å². The highest BCUT2D eigenvalue weighted by atomic mass is 79.9. The summed E-state index contributed by atoms with van der Waals surface area (Å²) in [6.45, 7) is 0. The van der Waals surface area contributed by atoms with Crippen molar-refractivity contribution in [2.45, 2.75) is 4.90 Å². The molecule has 6 heteroatoms. The summed E-state index contributed by atoms with van der Waals surface area (Å²) in [6, 6.07) is 1.39. The number of hydrogen-bond donors (Lipinski definition) is 0. The first kappa shape index (κ1) is 9.12. The number of halogens is 2. The molecule has 0 saturated heterocycles. The number of pyridine rings is 1. The van der Waals surface area contributed by atoms with Crippen molar-refractivity contribution in [2.75, 3.05) is 0 Å². The van der Waals surface area contributed by atoms with E-state index < -0.39 is 11.1 Å². The van der Waals surface area contributed by atoms with Crippen molar-refractivity contribution < 1.29 is 8.76 Å². The van der Waals surface area contributed by atoms with E-state index in [-0.39, 0.29) is 10.0 Å². The van der Waals surface area contributed by atoms with Gasteiger partial charge in [0.2, 0.25) is 0 Å². The van der Waals surface area contributed by atoms with Crippen LogP contribution in [-0.2, 0) is 11.1 Å². The summed E-state index contributed by atoms with van der Waals surface area (Å²) < 4.78 is 21.4. The lowest BCUT2D eigenvalue weighted by molar-refractivity contribution is 0.536. The number of nitrogens with zero attached hydrogens (tertiary/aromatic N) is 1. The number of rotatable bonds is 1.